The summed E-state index contributed by atoms with van der Waals surface area (Å²) in [5.74, 6) is 1.66. The van der Waals surface area contributed by atoms with Crippen LogP contribution in [0.15, 0.2) is 48.5 Å². The molecule has 1 aliphatic heterocycles. The molecule has 0 N–H and O–H groups in total. The summed E-state index contributed by atoms with van der Waals surface area (Å²) in [6, 6.07) is 15.4. The van der Waals surface area contributed by atoms with E-state index >= 15 is 0 Å². The summed E-state index contributed by atoms with van der Waals surface area (Å²) in [5, 5.41) is 0. The van der Waals surface area contributed by atoms with E-state index in [1.54, 1.807) is 18.5 Å². The summed E-state index contributed by atoms with van der Waals surface area (Å²) in [4.78, 5) is 2.17. The lowest BCUT2D eigenvalue weighted by atomic mass is 10.2. The number of rotatable bonds is 7. The molecule has 0 spiro atoms. The Hall–Kier alpha value is -2.25. The Morgan fingerprint density at radius 2 is 1.67 bits per heavy atom. The predicted molar refractivity (Wildman–Crippen MR) is 107 cm³/mol. The average Bonchev–Trinajstić information content (AvgIpc) is 2.72. The van der Waals surface area contributed by atoms with Gasteiger partial charge in [-0.15, -0.1) is 0 Å². The Kier molecular flexibility index (Phi) is 6.23. The van der Waals surface area contributed by atoms with E-state index in [9.17, 15) is 8.42 Å². The van der Waals surface area contributed by atoms with Crippen LogP contribution in [0.1, 0.15) is 5.56 Å². The number of hydrogen-bond acceptors (Lipinski definition) is 5. The number of nitrogens with zero attached hydrogens (tertiary/aromatic N) is 2. The first-order valence-corrected chi connectivity index (χ1v) is 10.6. The van der Waals surface area contributed by atoms with Gasteiger partial charge in [0.2, 0.25) is 10.0 Å². The Bertz CT molecular complexity index is 862. The van der Waals surface area contributed by atoms with Crippen LogP contribution in [0, 0.1) is 0 Å². The fourth-order valence-corrected chi connectivity index (χ4v) is 4.77. The van der Waals surface area contributed by atoms with Crippen LogP contribution in [0.3, 0.4) is 0 Å². The maximum Gasteiger partial charge on any atom is 0.214 e. The van der Waals surface area contributed by atoms with E-state index in [4.69, 9.17) is 9.47 Å². The minimum atomic E-state index is -3.29. The highest BCUT2D eigenvalue weighted by Gasteiger charge is 2.27. The van der Waals surface area contributed by atoms with Gasteiger partial charge in [-0.1, -0.05) is 24.3 Å². The number of methoxy groups -OCH3 is 2. The minimum Gasteiger partial charge on any atom is -0.497 e. The summed E-state index contributed by atoms with van der Waals surface area (Å²) in [6.07, 6.45) is 0.478. The van der Waals surface area contributed by atoms with Crippen LogP contribution >= 0.6 is 0 Å². The molecule has 0 atom stereocenters. The second-order valence-electron chi connectivity index (χ2n) is 6.48. The molecule has 0 radical (unpaired) electrons. The minimum absolute atomic E-state index is 0.106. The predicted octanol–water partition coefficient (Wildman–Crippen LogP) is 2.40. The first-order valence-electron chi connectivity index (χ1n) is 9.02. The van der Waals surface area contributed by atoms with Gasteiger partial charge in [-0.05, 0) is 36.2 Å². The normalized spacial score (nSPS) is 15.6. The topological polar surface area (TPSA) is 59.1 Å². The van der Waals surface area contributed by atoms with Crippen molar-refractivity contribution in [3.8, 4) is 11.5 Å². The van der Waals surface area contributed by atoms with Gasteiger partial charge in [0.1, 0.15) is 11.5 Å². The number of para-hydroxylation sites is 2. The molecule has 146 valence electrons. The second-order valence-corrected chi connectivity index (χ2v) is 8.56. The number of ether oxygens (including phenoxy) is 2. The lowest BCUT2D eigenvalue weighted by molar-refractivity contribution is 0.378. The van der Waals surface area contributed by atoms with Gasteiger partial charge in [0.15, 0.2) is 0 Å². The zero-order chi connectivity index (χ0) is 19.3. The van der Waals surface area contributed by atoms with E-state index in [1.165, 1.54) is 0 Å². The fraction of sp³-hybridized carbons (Fsp3) is 0.400. The molecule has 1 saturated heterocycles. The van der Waals surface area contributed by atoms with Gasteiger partial charge in [0.25, 0.3) is 0 Å². The van der Waals surface area contributed by atoms with Crippen LogP contribution < -0.4 is 14.4 Å². The molecule has 0 bridgehead atoms. The van der Waals surface area contributed by atoms with E-state index in [1.807, 2.05) is 48.5 Å². The van der Waals surface area contributed by atoms with Gasteiger partial charge in [0, 0.05) is 26.2 Å². The fourth-order valence-electron chi connectivity index (χ4n) is 3.30. The maximum absolute atomic E-state index is 12.7. The SMILES string of the molecule is COc1cccc(CCS(=O)(=O)N2CCN(c3ccccc3OC)CC2)c1. The standard InChI is InChI=1S/C20H26N2O4S/c1-25-18-7-5-6-17(16-18)10-15-27(23,24)22-13-11-21(12-14-22)19-8-3-4-9-20(19)26-2/h3-9,16H,10-15H2,1-2H3. The van der Waals surface area contributed by atoms with Crippen molar-refractivity contribution < 1.29 is 17.9 Å². The van der Waals surface area contributed by atoms with Crippen LogP contribution in [0.25, 0.3) is 0 Å². The Labute approximate surface area is 161 Å². The molecule has 0 unspecified atom stereocenters. The van der Waals surface area contributed by atoms with Gasteiger partial charge in [0.05, 0.1) is 25.7 Å². The van der Waals surface area contributed by atoms with E-state index in [0.29, 0.717) is 32.6 Å². The summed E-state index contributed by atoms with van der Waals surface area (Å²) in [6.45, 7) is 2.27. The highest BCUT2D eigenvalue weighted by atomic mass is 32.2. The van der Waals surface area contributed by atoms with Crippen LogP contribution in [0.2, 0.25) is 0 Å². The third kappa shape index (κ3) is 4.73. The zero-order valence-corrected chi connectivity index (χ0v) is 16.6. The van der Waals surface area contributed by atoms with Crippen molar-refractivity contribution in [1.82, 2.24) is 4.31 Å². The molecule has 6 nitrogen and oxygen atoms in total. The van der Waals surface area contributed by atoms with Crippen LogP contribution in [0.5, 0.6) is 11.5 Å². The van der Waals surface area contributed by atoms with Crippen molar-refractivity contribution in [2.24, 2.45) is 0 Å². The molecule has 3 rings (SSSR count). The van der Waals surface area contributed by atoms with E-state index in [0.717, 1.165) is 22.7 Å². The molecule has 7 heteroatoms. The zero-order valence-electron chi connectivity index (χ0n) is 15.8. The Balaban J connectivity index is 1.59. The van der Waals surface area contributed by atoms with Gasteiger partial charge in [-0.2, -0.15) is 4.31 Å². The number of aryl methyl sites for hydroxylation is 1. The molecular formula is C20H26N2O4S. The quantitative estimate of drug-likeness (QED) is 0.727. The van der Waals surface area contributed by atoms with Gasteiger partial charge in [-0.25, -0.2) is 8.42 Å². The molecule has 1 heterocycles. The molecule has 0 saturated carbocycles. The summed E-state index contributed by atoms with van der Waals surface area (Å²) in [7, 11) is -0.0287. The number of sulfonamides is 1. The van der Waals surface area contributed by atoms with Crippen molar-refractivity contribution in [3.63, 3.8) is 0 Å². The lowest BCUT2D eigenvalue weighted by Gasteiger charge is -2.36. The van der Waals surface area contributed by atoms with E-state index in [2.05, 4.69) is 4.90 Å². The molecule has 2 aromatic rings. The smallest absolute Gasteiger partial charge is 0.214 e. The van der Waals surface area contributed by atoms with Crippen LogP contribution in [0.4, 0.5) is 5.69 Å². The number of benzene rings is 2. The first-order chi connectivity index (χ1) is 13.0. The Morgan fingerprint density at radius 1 is 0.926 bits per heavy atom. The lowest BCUT2D eigenvalue weighted by Crippen LogP contribution is -2.49. The van der Waals surface area contributed by atoms with Gasteiger partial charge < -0.3 is 14.4 Å². The highest BCUT2D eigenvalue weighted by Crippen LogP contribution is 2.28. The number of hydrogen-bond donors (Lipinski definition) is 0. The first kappa shape index (κ1) is 19.5. The molecule has 0 aromatic heterocycles. The average molecular weight is 391 g/mol. The molecule has 27 heavy (non-hydrogen) atoms. The highest BCUT2D eigenvalue weighted by molar-refractivity contribution is 7.89. The van der Waals surface area contributed by atoms with Crippen molar-refractivity contribution in [2.45, 2.75) is 6.42 Å². The molecule has 1 fully saturated rings. The van der Waals surface area contributed by atoms with Crippen molar-refractivity contribution in [2.75, 3.05) is 51.1 Å². The number of anilines is 1. The summed E-state index contributed by atoms with van der Waals surface area (Å²) < 4.78 is 37.7. The molecule has 0 amide bonds. The van der Waals surface area contributed by atoms with Crippen molar-refractivity contribution >= 4 is 15.7 Å². The van der Waals surface area contributed by atoms with Gasteiger partial charge >= 0.3 is 0 Å². The van der Waals surface area contributed by atoms with Gasteiger partial charge in [-0.3, -0.25) is 0 Å². The summed E-state index contributed by atoms with van der Waals surface area (Å²) >= 11 is 0. The van der Waals surface area contributed by atoms with Crippen molar-refractivity contribution in [3.05, 3.63) is 54.1 Å². The second kappa shape index (κ2) is 8.63. The Morgan fingerprint density at radius 3 is 2.37 bits per heavy atom. The van der Waals surface area contributed by atoms with E-state index in [-0.39, 0.29) is 5.75 Å². The molecular weight excluding hydrogens is 364 g/mol. The van der Waals surface area contributed by atoms with Crippen LogP contribution in [-0.4, -0.2) is 58.9 Å². The van der Waals surface area contributed by atoms with Crippen molar-refractivity contribution in [1.29, 1.82) is 0 Å². The monoisotopic (exact) mass is 390 g/mol. The molecule has 0 aliphatic carbocycles. The van der Waals surface area contributed by atoms with Crippen LogP contribution in [-0.2, 0) is 16.4 Å². The largest absolute Gasteiger partial charge is 0.497 e. The third-order valence-corrected chi connectivity index (χ3v) is 6.71. The van der Waals surface area contributed by atoms with E-state index < -0.39 is 10.0 Å². The maximum atomic E-state index is 12.7. The summed E-state index contributed by atoms with van der Waals surface area (Å²) in [5.41, 5.74) is 1.97. The third-order valence-electron chi connectivity index (χ3n) is 4.84. The molecule has 2 aromatic carbocycles. The molecule has 1 aliphatic rings. The number of piperazine rings is 1.